The largest absolute Gasteiger partial charge is 0.340 e. The van der Waals surface area contributed by atoms with Crippen molar-refractivity contribution in [1.82, 2.24) is 10.6 Å². The zero-order valence-electron chi connectivity index (χ0n) is 11.6. The molecule has 1 heterocycles. The predicted molar refractivity (Wildman–Crippen MR) is 73.3 cm³/mol. The second-order valence-corrected chi connectivity index (χ2v) is 5.28. The first kappa shape index (κ1) is 14.5. The van der Waals surface area contributed by atoms with E-state index < -0.39 is 11.9 Å². The van der Waals surface area contributed by atoms with Gasteiger partial charge in [0.25, 0.3) is 0 Å². The van der Waals surface area contributed by atoms with Gasteiger partial charge in [0, 0.05) is 24.0 Å². The monoisotopic (exact) mass is 277 g/mol. The predicted octanol–water partition coefficient (Wildman–Crippen LogP) is -0.242. The van der Waals surface area contributed by atoms with E-state index in [1.807, 2.05) is 19.9 Å². The summed E-state index contributed by atoms with van der Waals surface area (Å²) in [4.78, 5) is 34.9. The number of amides is 3. The summed E-state index contributed by atoms with van der Waals surface area (Å²) in [6.45, 7) is 3.79. The zero-order chi connectivity index (χ0) is 14.9. The van der Waals surface area contributed by atoms with Crippen LogP contribution in [0.5, 0.6) is 0 Å². The molecule has 0 aromatic rings. The number of carbonyl (C=O) groups excluding carboxylic acids is 3. The molecule has 1 fully saturated rings. The standard InChI is InChI=1S/C14H19N3O3/c1-7-9(8(2)15)3-4-10(7)13(19)16-11-5-6-12(18)17-14(11)20/h3-4,7-8,11H,5-6,15H2,1-2H3,(H,16,19)(H,17,18,20)/t7?,8-,11?/m1/s1. The van der Waals surface area contributed by atoms with Crippen LogP contribution >= 0.6 is 0 Å². The number of piperidine rings is 1. The van der Waals surface area contributed by atoms with Crippen LogP contribution in [0, 0.1) is 5.92 Å². The van der Waals surface area contributed by atoms with Gasteiger partial charge in [-0.2, -0.15) is 0 Å². The normalized spacial score (nSPS) is 27.6. The van der Waals surface area contributed by atoms with Crippen LogP contribution in [0.2, 0.25) is 0 Å². The van der Waals surface area contributed by atoms with Gasteiger partial charge < -0.3 is 11.1 Å². The van der Waals surface area contributed by atoms with E-state index in [-0.39, 0.29) is 30.2 Å². The van der Waals surface area contributed by atoms with E-state index in [0.29, 0.717) is 12.0 Å². The zero-order valence-corrected chi connectivity index (χ0v) is 11.6. The second kappa shape index (κ2) is 5.58. The molecule has 1 saturated heterocycles. The van der Waals surface area contributed by atoms with E-state index in [1.165, 1.54) is 0 Å². The van der Waals surface area contributed by atoms with E-state index >= 15 is 0 Å². The number of allylic oxidation sites excluding steroid dienone is 2. The van der Waals surface area contributed by atoms with E-state index in [9.17, 15) is 14.4 Å². The molecule has 2 unspecified atom stereocenters. The topological polar surface area (TPSA) is 101 Å². The molecule has 0 spiro atoms. The first-order valence-corrected chi connectivity index (χ1v) is 6.72. The molecule has 0 aromatic heterocycles. The van der Waals surface area contributed by atoms with Gasteiger partial charge in [-0.05, 0) is 18.9 Å². The molecule has 6 nitrogen and oxygen atoms in total. The highest BCUT2D eigenvalue weighted by Gasteiger charge is 2.31. The van der Waals surface area contributed by atoms with Crippen molar-refractivity contribution in [1.29, 1.82) is 0 Å². The fraction of sp³-hybridized carbons (Fsp3) is 0.500. The lowest BCUT2D eigenvalue weighted by Gasteiger charge is -2.23. The van der Waals surface area contributed by atoms with Gasteiger partial charge in [0.05, 0.1) is 0 Å². The molecule has 2 rings (SSSR count). The molecule has 4 N–H and O–H groups in total. The second-order valence-electron chi connectivity index (χ2n) is 5.28. The minimum Gasteiger partial charge on any atom is -0.340 e. The fourth-order valence-corrected chi connectivity index (χ4v) is 2.55. The molecule has 6 heteroatoms. The molecule has 0 radical (unpaired) electrons. The third-order valence-electron chi connectivity index (χ3n) is 3.75. The smallest absolute Gasteiger partial charge is 0.249 e. The minimum atomic E-state index is -0.646. The van der Waals surface area contributed by atoms with Gasteiger partial charge in [0.1, 0.15) is 6.04 Å². The highest BCUT2D eigenvalue weighted by molar-refractivity contribution is 6.04. The Kier molecular flexibility index (Phi) is 4.04. The summed E-state index contributed by atoms with van der Waals surface area (Å²) in [5, 5.41) is 4.89. The highest BCUT2D eigenvalue weighted by atomic mass is 16.2. The molecule has 3 amide bonds. The van der Waals surface area contributed by atoms with Crippen molar-refractivity contribution >= 4 is 17.7 Å². The van der Waals surface area contributed by atoms with Crippen molar-refractivity contribution < 1.29 is 14.4 Å². The quantitative estimate of drug-likeness (QED) is 0.619. The lowest BCUT2D eigenvalue weighted by atomic mass is 9.93. The number of hydrogen-bond acceptors (Lipinski definition) is 4. The summed E-state index contributed by atoms with van der Waals surface area (Å²) < 4.78 is 0. The Hall–Kier alpha value is -1.95. The average Bonchev–Trinajstić information content (AvgIpc) is 2.74. The van der Waals surface area contributed by atoms with Crippen molar-refractivity contribution in [3.05, 3.63) is 23.3 Å². The summed E-state index contributed by atoms with van der Waals surface area (Å²) in [5.41, 5.74) is 7.43. The fourth-order valence-electron chi connectivity index (χ4n) is 2.55. The summed E-state index contributed by atoms with van der Waals surface area (Å²) in [6, 6.07) is -0.755. The van der Waals surface area contributed by atoms with Gasteiger partial charge in [0.2, 0.25) is 17.7 Å². The van der Waals surface area contributed by atoms with Crippen LogP contribution < -0.4 is 16.4 Å². The number of carbonyl (C=O) groups is 3. The maximum absolute atomic E-state index is 12.2. The Bertz CT molecular complexity index is 520. The Morgan fingerprint density at radius 1 is 1.45 bits per heavy atom. The third-order valence-corrected chi connectivity index (χ3v) is 3.75. The van der Waals surface area contributed by atoms with E-state index in [2.05, 4.69) is 10.6 Å². The summed E-state index contributed by atoms with van der Waals surface area (Å²) >= 11 is 0. The van der Waals surface area contributed by atoms with Crippen LogP contribution in [-0.4, -0.2) is 29.8 Å². The third kappa shape index (κ3) is 2.80. The number of hydrogen-bond donors (Lipinski definition) is 3. The Morgan fingerprint density at radius 2 is 2.15 bits per heavy atom. The van der Waals surface area contributed by atoms with Crippen LogP contribution in [0.1, 0.15) is 26.7 Å². The van der Waals surface area contributed by atoms with Crippen LogP contribution in [0.25, 0.3) is 0 Å². The van der Waals surface area contributed by atoms with Gasteiger partial charge in [0.15, 0.2) is 0 Å². The van der Waals surface area contributed by atoms with Gasteiger partial charge in [-0.15, -0.1) is 0 Å². The molecule has 2 aliphatic rings. The van der Waals surface area contributed by atoms with Gasteiger partial charge in [-0.3, -0.25) is 19.7 Å². The molecule has 1 aliphatic heterocycles. The van der Waals surface area contributed by atoms with Crippen molar-refractivity contribution in [2.45, 2.75) is 38.8 Å². The number of rotatable bonds is 3. The molecule has 3 atom stereocenters. The molecule has 1 aliphatic carbocycles. The number of nitrogens with one attached hydrogen (secondary N) is 2. The van der Waals surface area contributed by atoms with E-state index in [4.69, 9.17) is 5.73 Å². The molecule has 0 aromatic carbocycles. The highest BCUT2D eigenvalue weighted by Crippen LogP contribution is 2.28. The van der Waals surface area contributed by atoms with E-state index in [1.54, 1.807) is 6.08 Å². The Morgan fingerprint density at radius 3 is 2.70 bits per heavy atom. The van der Waals surface area contributed by atoms with E-state index in [0.717, 1.165) is 5.57 Å². The number of imide groups is 1. The minimum absolute atomic E-state index is 0.0525. The molecular formula is C14H19N3O3. The SMILES string of the molecule is CC1C(C(=O)NC2CCC(=O)NC2=O)=CC=C1[C@@H](C)N. The van der Waals surface area contributed by atoms with Crippen LogP contribution in [-0.2, 0) is 14.4 Å². The van der Waals surface area contributed by atoms with Crippen LogP contribution in [0.3, 0.4) is 0 Å². The van der Waals surface area contributed by atoms with Crippen LogP contribution in [0.4, 0.5) is 0 Å². The molecule has 0 saturated carbocycles. The lowest BCUT2D eigenvalue weighted by molar-refractivity contribution is -0.136. The summed E-state index contributed by atoms with van der Waals surface area (Å²) in [5.74, 6) is -1.07. The van der Waals surface area contributed by atoms with Crippen molar-refractivity contribution in [3.8, 4) is 0 Å². The van der Waals surface area contributed by atoms with Gasteiger partial charge in [-0.25, -0.2) is 0 Å². The maximum Gasteiger partial charge on any atom is 0.249 e. The van der Waals surface area contributed by atoms with Gasteiger partial charge in [-0.1, -0.05) is 19.1 Å². The maximum atomic E-state index is 12.2. The average molecular weight is 277 g/mol. The first-order chi connectivity index (χ1) is 9.40. The molecule has 0 bridgehead atoms. The van der Waals surface area contributed by atoms with Crippen molar-refractivity contribution in [2.24, 2.45) is 11.7 Å². The lowest BCUT2D eigenvalue weighted by Crippen LogP contribution is -2.52. The van der Waals surface area contributed by atoms with Crippen molar-refractivity contribution in [3.63, 3.8) is 0 Å². The van der Waals surface area contributed by atoms with Gasteiger partial charge >= 0.3 is 0 Å². The summed E-state index contributed by atoms with van der Waals surface area (Å²) in [6.07, 6.45) is 4.18. The molecule has 108 valence electrons. The molecule has 20 heavy (non-hydrogen) atoms. The first-order valence-electron chi connectivity index (χ1n) is 6.72. The van der Waals surface area contributed by atoms with Crippen molar-refractivity contribution in [2.75, 3.05) is 0 Å². The number of nitrogens with two attached hydrogens (primary N) is 1. The summed E-state index contributed by atoms with van der Waals surface area (Å²) in [7, 11) is 0. The molecular weight excluding hydrogens is 258 g/mol. The Labute approximate surface area is 117 Å². The van der Waals surface area contributed by atoms with Crippen LogP contribution in [0.15, 0.2) is 23.3 Å². The Balaban J connectivity index is 1.97.